The summed E-state index contributed by atoms with van der Waals surface area (Å²) in [6, 6.07) is 8.62. The van der Waals surface area contributed by atoms with E-state index < -0.39 is 0 Å². The van der Waals surface area contributed by atoms with Crippen molar-refractivity contribution in [2.75, 3.05) is 19.6 Å². The van der Waals surface area contributed by atoms with E-state index in [9.17, 15) is 4.79 Å². The van der Waals surface area contributed by atoms with Crippen LogP contribution in [0.25, 0.3) is 10.9 Å². The monoisotopic (exact) mass is 285 g/mol. The van der Waals surface area contributed by atoms with Crippen molar-refractivity contribution in [3.05, 3.63) is 36.0 Å². The smallest absolute Gasteiger partial charge is 0.224 e. The molecule has 1 amide bonds. The maximum absolute atomic E-state index is 12.2. The third kappa shape index (κ3) is 3.10. The van der Waals surface area contributed by atoms with E-state index in [4.69, 9.17) is 0 Å². The van der Waals surface area contributed by atoms with Crippen molar-refractivity contribution in [2.45, 2.75) is 32.2 Å². The highest BCUT2D eigenvalue weighted by Crippen LogP contribution is 2.18. The summed E-state index contributed by atoms with van der Waals surface area (Å²) < 4.78 is 0. The zero-order chi connectivity index (χ0) is 14.7. The van der Waals surface area contributed by atoms with Crippen molar-refractivity contribution < 1.29 is 4.79 Å². The number of likely N-dealkylation sites (N-methyl/N-ethyl adjacent to an activating group) is 1. The van der Waals surface area contributed by atoms with Crippen LogP contribution in [0.15, 0.2) is 30.5 Å². The topological polar surface area (TPSA) is 48.1 Å². The third-order valence-electron chi connectivity index (χ3n) is 4.47. The van der Waals surface area contributed by atoms with Crippen LogP contribution in [0.4, 0.5) is 0 Å². The first kappa shape index (κ1) is 14.1. The molecule has 0 bridgehead atoms. The minimum Gasteiger partial charge on any atom is -0.361 e. The van der Waals surface area contributed by atoms with E-state index in [0.29, 0.717) is 12.5 Å². The van der Waals surface area contributed by atoms with Crippen molar-refractivity contribution >= 4 is 16.8 Å². The Bertz CT molecular complexity index is 619. The van der Waals surface area contributed by atoms with Gasteiger partial charge in [-0.15, -0.1) is 0 Å². The second kappa shape index (κ2) is 6.31. The predicted molar refractivity (Wildman–Crippen MR) is 85.3 cm³/mol. The summed E-state index contributed by atoms with van der Waals surface area (Å²) in [6.45, 7) is 5.20. The van der Waals surface area contributed by atoms with Crippen LogP contribution in [0.3, 0.4) is 0 Å². The Balaban J connectivity index is 1.57. The Kier molecular flexibility index (Phi) is 4.25. The molecule has 0 spiro atoms. The first-order valence-electron chi connectivity index (χ1n) is 7.83. The molecule has 2 heterocycles. The number of likely N-dealkylation sites (tertiary alicyclic amines) is 1. The third-order valence-corrected chi connectivity index (χ3v) is 4.47. The average Bonchev–Trinajstić information content (AvgIpc) is 3.12. The lowest BCUT2D eigenvalue weighted by Crippen LogP contribution is -2.40. The van der Waals surface area contributed by atoms with Gasteiger partial charge in [0.1, 0.15) is 0 Å². The number of H-pyrrole nitrogens is 1. The number of para-hydroxylation sites is 1. The number of fused-ring (bicyclic) bond motifs is 1. The molecule has 1 aromatic heterocycles. The first-order chi connectivity index (χ1) is 10.3. The van der Waals surface area contributed by atoms with E-state index in [0.717, 1.165) is 29.6 Å². The van der Waals surface area contributed by atoms with Gasteiger partial charge in [0.15, 0.2) is 0 Å². The molecule has 112 valence electrons. The molecule has 0 saturated carbocycles. The zero-order valence-corrected chi connectivity index (χ0v) is 12.6. The van der Waals surface area contributed by atoms with Crippen LogP contribution in [-0.2, 0) is 11.2 Å². The normalized spacial score (nSPS) is 19.2. The fourth-order valence-electron chi connectivity index (χ4n) is 3.29. The van der Waals surface area contributed by atoms with Crippen molar-refractivity contribution in [3.63, 3.8) is 0 Å². The summed E-state index contributed by atoms with van der Waals surface area (Å²) in [6.07, 6.45) is 4.83. The molecule has 1 atom stereocenters. The molecule has 4 nitrogen and oxygen atoms in total. The lowest BCUT2D eigenvalue weighted by molar-refractivity contribution is -0.120. The molecule has 1 fully saturated rings. The maximum Gasteiger partial charge on any atom is 0.224 e. The predicted octanol–water partition coefficient (Wildman–Crippen LogP) is 2.31. The molecule has 2 aromatic rings. The second-order valence-electron chi connectivity index (χ2n) is 5.76. The Morgan fingerprint density at radius 2 is 2.29 bits per heavy atom. The van der Waals surface area contributed by atoms with E-state index in [1.54, 1.807) is 0 Å². The zero-order valence-electron chi connectivity index (χ0n) is 12.6. The number of hydrogen-bond acceptors (Lipinski definition) is 2. The molecule has 0 radical (unpaired) electrons. The van der Waals surface area contributed by atoms with E-state index in [1.165, 1.54) is 19.4 Å². The van der Waals surface area contributed by atoms with Gasteiger partial charge >= 0.3 is 0 Å². The molecule has 1 aliphatic rings. The maximum atomic E-state index is 12.2. The first-order valence-corrected chi connectivity index (χ1v) is 7.83. The molecule has 21 heavy (non-hydrogen) atoms. The van der Waals surface area contributed by atoms with Gasteiger partial charge in [0.05, 0.1) is 6.42 Å². The van der Waals surface area contributed by atoms with Gasteiger partial charge < -0.3 is 10.3 Å². The fraction of sp³-hybridized carbons (Fsp3) is 0.471. The van der Waals surface area contributed by atoms with Gasteiger partial charge in [-0.3, -0.25) is 9.69 Å². The van der Waals surface area contributed by atoms with Crippen molar-refractivity contribution in [2.24, 2.45) is 0 Å². The molecule has 0 aliphatic carbocycles. The lowest BCUT2D eigenvalue weighted by Gasteiger charge is -2.22. The van der Waals surface area contributed by atoms with E-state index in [-0.39, 0.29) is 5.91 Å². The summed E-state index contributed by atoms with van der Waals surface area (Å²) >= 11 is 0. The van der Waals surface area contributed by atoms with Crippen LogP contribution in [-0.4, -0.2) is 41.5 Å². The molecule has 3 rings (SSSR count). The highest BCUT2D eigenvalue weighted by Gasteiger charge is 2.23. The quantitative estimate of drug-likeness (QED) is 0.885. The summed E-state index contributed by atoms with van der Waals surface area (Å²) in [5.41, 5.74) is 2.16. The van der Waals surface area contributed by atoms with E-state index in [2.05, 4.69) is 28.2 Å². The Labute approximate surface area is 125 Å². The highest BCUT2D eigenvalue weighted by molar-refractivity contribution is 5.88. The number of carbonyl (C=O) groups is 1. The Hall–Kier alpha value is -1.81. The van der Waals surface area contributed by atoms with Crippen LogP contribution in [0, 0.1) is 0 Å². The number of rotatable bonds is 5. The van der Waals surface area contributed by atoms with Gasteiger partial charge in [-0.25, -0.2) is 0 Å². The van der Waals surface area contributed by atoms with Crippen molar-refractivity contribution in [1.29, 1.82) is 0 Å². The Morgan fingerprint density at radius 3 is 3.14 bits per heavy atom. The van der Waals surface area contributed by atoms with Crippen LogP contribution in [0.2, 0.25) is 0 Å². The molecule has 1 aromatic carbocycles. The van der Waals surface area contributed by atoms with Gasteiger partial charge in [0.2, 0.25) is 5.91 Å². The highest BCUT2D eigenvalue weighted by atomic mass is 16.1. The number of nitrogens with zero attached hydrogens (tertiary/aromatic N) is 1. The number of aromatic amines is 1. The second-order valence-corrected chi connectivity index (χ2v) is 5.76. The number of hydrogen-bond donors (Lipinski definition) is 2. The largest absolute Gasteiger partial charge is 0.361 e. The van der Waals surface area contributed by atoms with Crippen LogP contribution < -0.4 is 5.32 Å². The summed E-state index contributed by atoms with van der Waals surface area (Å²) in [4.78, 5) is 17.8. The molecule has 2 N–H and O–H groups in total. The van der Waals surface area contributed by atoms with Crippen molar-refractivity contribution in [1.82, 2.24) is 15.2 Å². The average molecular weight is 285 g/mol. The van der Waals surface area contributed by atoms with Crippen LogP contribution in [0.1, 0.15) is 25.3 Å². The summed E-state index contributed by atoms with van der Waals surface area (Å²) in [5.74, 6) is 0.114. The van der Waals surface area contributed by atoms with Gasteiger partial charge in [0.25, 0.3) is 0 Å². The summed E-state index contributed by atoms with van der Waals surface area (Å²) in [5, 5.41) is 4.24. The number of aromatic nitrogens is 1. The Morgan fingerprint density at radius 1 is 1.43 bits per heavy atom. The van der Waals surface area contributed by atoms with E-state index >= 15 is 0 Å². The van der Waals surface area contributed by atoms with Gasteiger partial charge in [0, 0.05) is 29.7 Å². The SMILES string of the molecule is CCN1CCC[C@H]1CNC(=O)Cc1c[nH]c2ccccc12. The van der Waals surface area contributed by atoms with Crippen molar-refractivity contribution in [3.8, 4) is 0 Å². The minimum absolute atomic E-state index is 0.114. The summed E-state index contributed by atoms with van der Waals surface area (Å²) in [7, 11) is 0. The number of carbonyl (C=O) groups excluding carboxylic acids is 1. The molecular weight excluding hydrogens is 262 g/mol. The van der Waals surface area contributed by atoms with Crippen LogP contribution in [0.5, 0.6) is 0 Å². The molecule has 0 unspecified atom stereocenters. The molecule has 1 saturated heterocycles. The van der Waals surface area contributed by atoms with Gasteiger partial charge in [-0.05, 0) is 37.6 Å². The number of nitrogens with one attached hydrogen (secondary N) is 2. The molecule has 1 aliphatic heterocycles. The van der Waals surface area contributed by atoms with Gasteiger partial charge in [-0.2, -0.15) is 0 Å². The fourth-order valence-corrected chi connectivity index (χ4v) is 3.29. The lowest BCUT2D eigenvalue weighted by atomic mass is 10.1. The molecule has 4 heteroatoms. The minimum atomic E-state index is 0.114. The number of amides is 1. The van der Waals surface area contributed by atoms with E-state index in [1.807, 2.05) is 24.4 Å². The van der Waals surface area contributed by atoms with Gasteiger partial charge in [-0.1, -0.05) is 25.1 Å². The standard InChI is InChI=1S/C17H23N3O/c1-2-20-9-5-6-14(20)12-19-17(21)10-13-11-18-16-8-4-3-7-15(13)16/h3-4,7-8,11,14,18H,2,5-6,9-10,12H2,1H3,(H,19,21)/t14-/m0/s1. The molecular formula is C17H23N3O. The van der Waals surface area contributed by atoms with Crippen LogP contribution >= 0.6 is 0 Å². The number of benzene rings is 1.